The number of nitrogens with zero attached hydrogens (tertiary/aromatic N) is 2. The van der Waals surface area contributed by atoms with E-state index in [1.807, 2.05) is 17.5 Å². The molecule has 1 amide bonds. The molecule has 0 bridgehead atoms. The number of benzene rings is 1. The molecule has 0 saturated heterocycles. The third-order valence-electron chi connectivity index (χ3n) is 3.29. The molecule has 0 fully saturated rings. The molecular formula is C16H14Cl2N4OS2. The van der Waals surface area contributed by atoms with Gasteiger partial charge in [-0.2, -0.15) is 0 Å². The van der Waals surface area contributed by atoms with E-state index >= 15 is 0 Å². The van der Waals surface area contributed by atoms with Crippen molar-refractivity contribution >= 4 is 57.9 Å². The molecule has 0 radical (unpaired) electrons. The molecule has 1 aromatic carbocycles. The van der Waals surface area contributed by atoms with Gasteiger partial charge in [0.05, 0.1) is 21.0 Å². The van der Waals surface area contributed by atoms with Crippen LogP contribution in [0.5, 0.6) is 0 Å². The minimum atomic E-state index is -0.388. The Balaban J connectivity index is 1.60. The molecule has 0 aliphatic carbocycles. The molecule has 130 valence electrons. The number of hydrogen-bond acceptors (Lipinski definition) is 5. The van der Waals surface area contributed by atoms with Crippen LogP contribution >= 0.6 is 46.3 Å². The number of nitrogens with one attached hydrogen (secondary N) is 2. The smallest absolute Gasteiger partial charge is 0.237 e. The number of amides is 1. The lowest BCUT2D eigenvalue weighted by atomic mass is 10.3. The van der Waals surface area contributed by atoms with Crippen LogP contribution < -0.4 is 5.32 Å². The van der Waals surface area contributed by atoms with Gasteiger partial charge in [0.2, 0.25) is 11.1 Å². The summed E-state index contributed by atoms with van der Waals surface area (Å²) >= 11 is 15.0. The minimum Gasteiger partial charge on any atom is -0.324 e. The van der Waals surface area contributed by atoms with E-state index in [0.29, 0.717) is 27.3 Å². The summed E-state index contributed by atoms with van der Waals surface area (Å²) in [6.45, 7) is 1.79. The molecule has 5 nitrogen and oxygen atoms in total. The fourth-order valence-corrected chi connectivity index (χ4v) is 3.83. The Bertz CT molecular complexity index is 867. The van der Waals surface area contributed by atoms with E-state index < -0.39 is 0 Å². The molecule has 9 heteroatoms. The quantitative estimate of drug-likeness (QED) is 0.565. The third kappa shape index (κ3) is 4.76. The Labute approximate surface area is 163 Å². The Morgan fingerprint density at radius 1 is 1.36 bits per heavy atom. The Morgan fingerprint density at radius 2 is 2.20 bits per heavy atom. The van der Waals surface area contributed by atoms with Crippen molar-refractivity contribution in [3.63, 3.8) is 0 Å². The van der Waals surface area contributed by atoms with Crippen LogP contribution in [0.25, 0.3) is 0 Å². The van der Waals surface area contributed by atoms with Gasteiger partial charge in [-0.3, -0.25) is 9.89 Å². The van der Waals surface area contributed by atoms with Crippen molar-refractivity contribution in [2.75, 3.05) is 5.32 Å². The summed E-state index contributed by atoms with van der Waals surface area (Å²) in [4.78, 5) is 18.0. The summed E-state index contributed by atoms with van der Waals surface area (Å²) in [6.07, 6.45) is 0.698. The summed E-state index contributed by atoms with van der Waals surface area (Å²) in [5, 5.41) is 12.7. The maximum atomic E-state index is 12.3. The van der Waals surface area contributed by atoms with Crippen LogP contribution in [0.3, 0.4) is 0 Å². The SMILES string of the molecule is C[C@@H](Sc1n[nH]c(Cc2cccs2)n1)C(=O)Nc1cccc(Cl)c1Cl. The van der Waals surface area contributed by atoms with Crippen LogP contribution in [0.2, 0.25) is 10.0 Å². The van der Waals surface area contributed by atoms with E-state index in [4.69, 9.17) is 23.2 Å². The standard InChI is InChI=1S/C16H14Cl2N4OS2/c1-9(15(23)19-12-6-2-5-11(17)14(12)18)25-16-20-13(21-22-16)8-10-4-3-7-24-10/h2-7,9H,8H2,1H3,(H,19,23)(H,20,21,22)/t9-/m1/s1. The van der Waals surface area contributed by atoms with Gasteiger partial charge < -0.3 is 5.32 Å². The van der Waals surface area contributed by atoms with Crippen molar-refractivity contribution < 1.29 is 4.79 Å². The molecule has 0 spiro atoms. The predicted octanol–water partition coefficient (Wildman–Crippen LogP) is 4.88. The van der Waals surface area contributed by atoms with E-state index in [1.165, 1.54) is 16.6 Å². The number of halogens is 2. The molecule has 2 aromatic heterocycles. The number of anilines is 1. The van der Waals surface area contributed by atoms with Gasteiger partial charge >= 0.3 is 0 Å². The van der Waals surface area contributed by atoms with Gasteiger partial charge in [0.1, 0.15) is 5.82 Å². The Kier molecular flexibility index (Phi) is 6.01. The molecule has 3 aromatic rings. The van der Waals surface area contributed by atoms with Crippen LogP contribution in [-0.2, 0) is 11.2 Å². The predicted molar refractivity (Wildman–Crippen MR) is 104 cm³/mol. The molecule has 1 atom stereocenters. The zero-order valence-corrected chi connectivity index (χ0v) is 16.3. The largest absolute Gasteiger partial charge is 0.324 e. The molecule has 0 unspecified atom stereocenters. The minimum absolute atomic E-state index is 0.196. The Hall–Kier alpha value is -1.54. The van der Waals surface area contributed by atoms with Crippen molar-refractivity contribution in [2.24, 2.45) is 0 Å². The zero-order chi connectivity index (χ0) is 17.8. The third-order valence-corrected chi connectivity index (χ3v) is 5.95. The van der Waals surface area contributed by atoms with Gasteiger partial charge in [-0.15, -0.1) is 16.4 Å². The van der Waals surface area contributed by atoms with Crippen LogP contribution in [-0.4, -0.2) is 26.3 Å². The molecule has 3 rings (SSSR count). The number of thiophene rings is 1. The molecule has 2 heterocycles. The topological polar surface area (TPSA) is 70.7 Å². The highest BCUT2D eigenvalue weighted by Crippen LogP contribution is 2.30. The average molecular weight is 413 g/mol. The highest BCUT2D eigenvalue weighted by Gasteiger charge is 2.18. The number of hydrogen-bond donors (Lipinski definition) is 2. The van der Waals surface area contributed by atoms with Gasteiger partial charge in [0, 0.05) is 11.3 Å². The lowest BCUT2D eigenvalue weighted by Gasteiger charge is -2.11. The fraction of sp³-hybridized carbons (Fsp3) is 0.188. The van der Waals surface area contributed by atoms with E-state index in [-0.39, 0.29) is 11.2 Å². The average Bonchev–Trinajstić information content (AvgIpc) is 3.24. The maximum absolute atomic E-state index is 12.3. The number of carbonyl (C=O) groups excluding carboxylic acids is 1. The second-order valence-electron chi connectivity index (χ2n) is 5.17. The number of carbonyl (C=O) groups is 1. The van der Waals surface area contributed by atoms with Gasteiger partial charge in [-0.25, -0.2) is 4.98 Å². The van der Waals surface area contributed by atoms with Crippen molar-refractivity contribution in [1.82, 2.24) is 15.2 Å². The highest BCUT2D eigenvalue weighted by atomic mass is 35.5. The molecular weight excluding hydrogens is 399 g/mol. The van der Waals surface area contributed by atoms with Crippen molar-refractivity contribution in [3.8, 4) is 0 Å². The van der Waals surface area contributed by atoms with E-state index in [0.717, 1.165) is 5.82 Å². The second kappa shape index (κ2) is 8.23. The van der Waals surface area contributed by atoms with E-state index in [9.17, 15) is 4.79 Å². The first-order chi connectivity index (χ1) is 12.0. The number of thioether (sulfide) groups is 1. The first-order valence-electron chi connectivity index (χ1n) is 7.38. The van der Waals surface area contributed by atoms with Crippen LogP contribution in [0, 0.1) is 0 Å². The number of H-pyrrole nitrogens is 1. The van der Waals surface area contributed by atoms with Crippen molar-refractivity contribution in [3.05, 3.63) is 56.5 Å². The lowest BCUT2D eigenvalue weighted by molar-refractivity contribution is -0.115. The van der Waals surface area contributed by atoms with Crippen LogP contribution in [0.15, 0.2) is 40.9 Å². The fourth-order valence-electron chi connectivity index (χ4n) is 2.03. The molecule has 0 aliphatic heterocycles. The van der Waals surface area contributed by atoms with Gasteiger partial charge in [0.15, 0.2) is 0 Å². The normalized spacial score (nSPS) is 12.1. The summed E-state index contributed by atoms with van der Waals surface area (Å²) in [5.74, 6) is 0.578. The molecule has 0 saturated carbocycles. The summed E-state index contributed by atoms with van der Waals surface area (Å²) in [6, 6.07) is 9.15. The first-order valence-corrected chi connectivity index (χ1v) is 9.89. The van der Waals surface area contributed by atoms with Crippen LogP contribution in [0.1, 0.15) is 17.6 Å². The van der Waals surface area contributed by atoms with Gasteiger partial charge in [-0.1, -0.05) is 47.1 Å². The molecule has 25 heavy (non-hydrogen) atoms. The monoisotopic (exact) mass is 412 g/mol. The summed E-state index contributed by atoms with van der Waals surface area (Å²) < 4.78 is 0. The van der Waals surface area contributed by atoms with E-state index in [2.05, 4.69) is 20.5 Å². The highest BCUT2D eigenvalue weighted by molar-refractivity contribution is 8.00. The lowest BCUT2D eigenvalue weighted by Crippen LogP contribution is -2.22. The van der Waals surface area contributed by atoms with Gasteiger partial charge in [-0.05, 0) is 30.5 Å². The van der Waals surface area contributed by atoms with Crippen LogP contribution in [0.4, 0.5) is 5.69 Å². The number of aromatic nitrogens is 3. The van der Waals surface area contributed by atoms with Crippen molar-refractivity contribution in [1.29, 1.82) is 0 Å². The summed E-state index contributed by atoms with van der Waals surface area (Å²) in [7, 11) is 0. The second-order valence-corrected chi connectivity index (χ2v) is 8.30. The molecule has 2 N–H and O–H groups in total. The van der Waals surface area contributed by atoms with Gasteiger partial charge in [0.25, 0.3) is 0 Å². The first kappa shape index (κ1) is 18.3. The number of rotatable bonds is 6. The van der Waals surface area contributed by atoms with Crippen molar-refractivity contribution in [2.45, 2.75) is 23.8 Å². The van der Waals surface area contributed by atoms with E-state index in [1.54, 1.807) is 36.5 Å². The Morgan fingerprint density at radius 3 is 2.96 bits per heavy atom. The maximum Gasteiger partial charge on any atom is 0.237 e. The summed E-state index contributed by atoms with van der Waals surface area (Å²) in [5.41, 5.74) is 0.486. The number of aromatic amines is 1. The zero-order valence-electron chi connectivity index (χ0n) is 13.1. The molecule has 0 aliphatic rings.